The predicted octanol–water partition coefficient (Wildman–Crippen LogP) is 3.08. The number of rotatable bonds is 2. The Morgan fingerprint density at radius 3 is 2.62 bits per heavy atom. The van der Waals surface area contributed by atoms with Crippen molar-refractivity contribution in [2.75, 3.05) is 0 Å². The molecule has 1 aromatic carbocycles. The lowest BCUT2D eigenvalue weighted by Crippen LogP contribution is -1.94. The zero-order valence-electron chi connectivity index (χ0n) is 7.93. The summed E-state index contributed by atoms with van der Waals surface area (Å²) < 4.78 is 24.7. The zero-order chi connectivity index (χ0) is 11.7. The number of nitro benzene ring substituents is 1. The number of alkyl halides is 2. The molecule has 0 bridgehead atoms. The highest BCUT2D eigenvalue weighted by molar-refractivity contribution is 5.87. The average Bonchev–Trinajstić information content (AvgIpc) is 2.27. The van der Waals surface area contributed by atoms with E-state index in [0.717, 1.165) is 6.07 Å². The molecule has 2 aromatic rings. The first-order chi connectivity index (χ1) is 7.59. The lowest BCUT2D eigenvalue weighted by atomic mass is 10.1. The molecule has 1 aromatic heterocycles. The standard InChI is InChI=1S/C10H6F2N2O2/c11-10(12)8-5-4-6-7(13-8)2-1-3-9(6)14(15)16/h1-5,10H. The Hall–Kier alpha value is -2.11. The molecule has 6 heteroatoms. The van der Waals surface area contributed by atoms with Crippen LogP contribution in [0.2, 0.25) is 0 Å². The minimum Gasteiger partial charge on any atom is -0.258 e. The van der Waals surface area contributed by atoms with Crippen LogP contribution in [0.15, 0.2) is 30.3 Å². The molecule has 0 N–H and O–H groups in total. The van der Waals surface area contributed by atoms with Gasteiger partial charge < -0.3 is 0 Å². The highest BCUT2D eigenvalue weighted by atomic mass is 19.3. The Kier molecular flexibility index (Phi) is 2.47. The Balaban J connectivity index is 2.69. The lowest BCUT2D eigenvalue weighted by Gasteiger charge is -2.02. The van der Waals surface area contributed by atoms with Crippen molar-refractivity contribution < 1.29 is 13.7 Å². The van der Waals surface area contributed by atoms with Crippen molar-refractivity contribution in [2.24, 2.45) is 0 Å². The van der Waals surface area contributed by atoms with Crippen LogP contribution in [-0.4, -0.2) is 9.91 Å². The summed E-state index contributed by atoms with van der Waals surface area (Å²) in [6, 6.07) is 6.59. The zero-order valence-corrected chi connectivity index (χ0v) is 7.93. The largest absolute Gasteiger partial charge is 0.280 e. The van der Waals surface area contributed by atoms with Gasteiger partial charge in [-0.3, -0.25) is 10.1 Å². The maximum absolute atomic E-state index is 12.4. The summed E-state index contributed by atoms with van der Waals surface area (Å²) >= 11 is 0. The van der Waals surface area contributed by atoms with Crippen LogP contribution in [0.3, 0.4) is 0 Å². The maximum atomic E-state index is 12.4. The summed E-state index contributed by atoms with van der Waals surface area (Å²) in [6.45, 7) is 0. The Morgan fingerprint density at radius 1 is 1.25 bits per heavy atom. The second-order valence-corrected chi connectivity index (χ2v) is 3.14. The summed E-state index contributed by atoms with van der Waals surface area (Å²) in [7, 11) is 0. The number of nitro groups is 1. The number of hydrogen-bond donors (Lipinski definition) is 0. The number of non-ortho nitro benzene ring substituents is 1. The molecule has 1 heterocycles. The van der Waals surface area contributed by atoms with Crippen LogP contribution in [0.25, 0.3) is 10.9 Å². The first-order valence-electron chi connectivity index (χ1n) is 4.42. The molecule has 0 radical (unpaired) electrons. The molecule has 0 saturated carbocycles. The molecule has 82 valence electrons. The van der Waals surface area contributed by atoms with Gasteiger partial charge in [-0.25, -0.2) is 13.8 Å². The molecule has 0 fully saturated rings. The normalized spacial score (nSPS) is 10.9. The van der Waals surface area contributed by atoms with Crippen molar-refractivity contribution in [2.45, 2.75) is 6.43 Å². The molecular formula is C10H6F2N2O2. The second-order valence-electron chi connectivity index (χ2n) is 3.14. The minimum atomic E-state index is -2.68. The Morgan fingerprint density at radius 2 is 2.00 bits per heavy atom. The average molecular weight is 224 g/mol. The van der Waals surface area contributed by atoms with Crippen LogP contribution >= 0.6 is 0 Å². The van der Waals surface area contributed by atoms with E-state index in [1.54, 1.807) is 0 Å². The summed E-state index contributed by atoms with van der Waals surface area (Å²) in [5, 5.41) is 10.9. The predicted molar refractivity (Wildman–Crippen MR) is 53.4 cm³/mol. The topological polar surface area (TPSA) is 56.0 Å². The second kappa shape index (κ2) is 3.80. The van der Waals surface area contributed by atoms with Gasteiger partial charge in [-0.15, -0.1) is 0 Å². The fourth-order valence-corrected chi connectivity index (χ4v) is 1.44. The molecule has 0 aliphatic rings. The first-order valence-corrected chi connectivity index (χ1v) is 4.42. The summed E-state index contributed by atoms with van der Waals surface area (Å²) in [4.78, 5) is 13.8. The third-order valence-electron chi connectivity index (χ3n) is 2.15. The Bertz CT molecular complexity index is 558. The fraction of sp³-hybridized carbons (Fsp3) is 0.100. The van der Waals surface area contributed by atoms with E-state index in [4.69, 9.17) is 0 Å². The maximum Gasteiger partial charge on any atom is 0.280 e. The third-order valence-corrected chi connectivity index (χ3v) is 2.15. The van der Waals surface area contributed by atoms with Crippen LogP contribution in [0.1, 0.15) is 12.1 Å². The van der Waals surface area contributed by atoms with E-state index in [2.05, 4.69) is 4.98 Å². The molecule has 0 unspecified atom stereocenters. The van der Waals surface area contributed by atoms with E-state index in [-0.39, 0.29) is 22.3 Å². The molecule has 0 saturated heterocycles. The van der Waals surface area contributed by atoms with Gasteiger partial charge in [0, 0.05) is 6.07 Å². The van der Waals surface area contributed by atoms with Gasteiger partial charge in [-0.05, 0) is 18.2 Å². The lowest BCUT2D eigenvalue weighted by molar-refractivity contribution is -0.383. The van der Waals surface area contributed by atoms with Crippen molar-refractivity contribution >= 4 is 16.6 Å². The summed E-state index contributed by atoms with van der Waals surface area (Å²) in [5.74, 6) is 0. The molecule has 0 spiro atoms. The highest BCUT2D eigenvalue weighted by Crippen LogP contribution is 2.26. The van der Waals surface area contributed by atoms with Crippen molar-refractivity contribution in [3.63, 3.8) is 0 Å². The van der Waals surface area contributed by atoms with Gasteiger partial charge in [0.25, 0.3) is 12.1 Å². The first kappa shape index (κ1) is 10.4. The smallest absolute Gasteiger partial charge is 0.258 e. The number of pyridine rings is 1. The van der Waals surface area contributed by atoms with Crippen LogP contribution in [0.4, 0.5) is 14.5 Å². The number of hydrogen-bond acceptors (Lipinski definition) is 3. The summed E-state index contributed by atoms with van der Waals surface area (Å²) in [5.41, 5.74) is -0.314. The van der Waals surface area contributed by atoms with E-state index >= 15 is 0 Å². The fourth-order valence-electron chi connectivity index (χ4n) is 1.44. The minimum absolute atomic E-state index is 0.134. The third kappa shape index (κ3) is 1.69. The molecule has 4 nitrogen and oxygen atoms in total. The van der Waals surface area contributed by atoms with Crippen LogP contribution in [0, 0.1) is 10.1 Å². The van der Waals surface area contributed by atoms with Crippen molar-refractivity contribution in [3.05, 3.63) is 46.1 Å². The molecule has 16 heavy (non-hydrogen) atoms. The van der Waals surface area contributed by atoms with Gasteiger partial charge in [-0.1, -0.05) is 6.07 Å². The van der Waals surface area contributed by atoms with E-state index < -0.39 is 11.3 Å². The monoisotopic (exact) mass is 224 g/mol. The van der Waals surface area contributed by atoms with Crippen LogP contribution < -0.4 is 0 Å². The van der Waals surface area contributed by atoms with E-state index in [1.807, 2.05) is 0 Å². The van der Waals surface area contributed by atoms with Crippen molar-refractivity contribution in [3.8, 4) is 0 Å². The van der Waals surface area contributed by atoms with Crippen LogP contribution in [0.5, 0.6) is 0 Å². The molecule has 0 aliphatic heterocycles. The van der Waals surface area contributed by atoms with Gasteiger partial charge in [0.2, 0.25) is 0 Å². The van der Waals surface area contributed by atoms with E-state index in [9.17, 15) is 18.9 Å². The Labute approximate surface area is 88.7 Å². The molecule has 0 aliphatic carbocycles. The van der Waals surface area contributed by atoms with Gasteiger partial charge in [0.15, 0.2) is 0 Å². The van der Waals surface area contributed by atoms with E-state index in [0.29, 0.717) is 0 Å². The number of aromatic nitrogens is 1. The van der Waals surface area contributed by atoms with Gasteiger partial charge in [0.05, 0.1) is 15.8 Å². The molecular weight excluding hydrogens is 218 g/mol. The van der Waals surface area contributed by atoms with Gasteiger partial charge in [0.1, 0.15) is 5.69 Å². The molecule has 0 atom stereocenters. The molecule has 0 amide bonds. The van der Waals surface area contributed by atoms with E-state index in [1.165, 1.54) is 24.3 Å². The van der Waals surface area contributed by atoms with Gasteiger partial charge >= 0.3 is 0 Å². The number of nitrogens with zero attached hydrogens (tertiary/aromatic N) is 2. The van der Waals surface area contributed by atoms with Crippen molar-refractivity contribution in [1.82, 2.24) is 4.98 Å². The summed E-state index contributed by atoms with van der Waals surface area (Å²) in [6.07, 6.45) is -2.68. The quantitative estimate of drug-likeness (QED) is 0.581. The number of benzene rings is 1. The van der Waals surface area contributed by atoms with Gasteiger partial charge in [-0.2, -0.15) is 0 Å². The SMILES string of the molecule is O=[N+]([O-])c1cccc2nc(C(F)F)ccc12. The number of fused-ring (bicyclic) bond motifs is 1. The van der Waals surface area contributed by atoms with Crippen LogP contribution in [-0.2, 0) is 0 Å². The van der Waals surface area contributed by atoms with Crippen molar-refractivity contribution in [1.29, 1.82) is 0 Å². The number of halogens is 2. The highest BCUT2D eigenvalue weighted by Gasteiger charge is 2.14. The molecule has 2 rings (SSSR count).